The second-order valence-corrected chi connectivity index (χ2v) is 7.51. The van der Waals surface area contributed by atoms with Crippen molar-refractivity contribution < 1.29 is 15.0 Å². The number of likely N-dealkylation sites (tertiary alicyclic amines) is 1. The lowest BCUT2D eigenvalue weighted by atomic mass is 9.91. The van der Waals surface area contributed by atoms with Gasteiger partial charge >= 0.3 is 5.97 Å². The minimum absolute atomic E-state index is 0.000547. The Bertz CT molecular complexity index is 723. The van der Waals surface area contributed by atoms with Crippen LogP contribution in [0.25, 0.3) is 0 Å². The highest BCUT2D eigenvalue weighted by Gasteiger charge is 2.40. The molecule has 3 rings (SSSR count). The fourth-order valence-electron chi connectivity index (χ4n) is 3.38. The van der Waals surface area contributed by atoms with Crippen LogP contribution in [0.3, 0.4) is 0 Å². The van der Waals surface area contributed by atoms with Gasteiger partial charge in [-0.3, -0.25) is 9.69 Å². The summed E-state index contributed by atoms with van der Waals surface area (Å²) in [6.45, 7) is 1.07. The number of nitrogens with zero attached hydrogens (tertiary/aromatic N) is 1. The van der Waals surface area contributed by atoms with Gasteiger partial charge in [-0.25, -0.2) is 0 Å². The number of carbonyl (C=O) groups is 1. The van der Waals surface area contributed by atoms with Crippen LogP contribution in [0.2, 0.25) is 10.0 Å². The Morgan fingerprint density at radius 2 is 2.12 bits per heavy atom. The number of thiophene rings is 1. The van der Waals surface area contributed by atoms with E-state index in [-0.39, 0.29) is 23.5 Å². The fraction of sp³-hybridized carbons (Fsp3) is 0.353. The molecule has 2 heterocycles. The maximum atomic E-state index is 11.9. The number of rotatable bonds is 5. The highest BCUT2D eigenvalue weighted by Crippen LogP contribution is 2.40. The minimum Gasteiger partial charge on any atom is -0.480 e. The zero-order valence-corrected chi connectivity index (χ0v) is 15.1. The zero-order chi connectivity index (χ0) is 17.3. The fourth-order valence-corrected chi connectivity index (χ4v) is 4.52. The molecule has 0 radical (unpaired) electrons. The number of hydrogen-bond acceptors (Lipinski definition) is 4. The van der Waals surface area contributed by atoms with Crippen molar-refractivity contribution in [2.45, 2.75) is 12.0 Å². The third kappa shape index (κ3) is 3.32. The molecule has 0 amide bonds. The van der Waals surface area contributed by atoms with E-state index in [2.05, 4.69) is 5.38 Å². The van der Waals surface area contributed by atoms with Crippen molar-refractivity contribution in [2.24, 2.45) is 5.92 Å². The number of aliphatic hydroxyl groups is 1. The van der Waals surface area contributed by atoms with Gasteiger partial charge in [0.15, 0.2) is 0 Å². The molecule has 7 heteroatoms. The van der Waals surface area contributed by atoms with Crippen molar-refractivity contribution in [1.82, 2.24) is 4.90 Å². The summed E-state index contributed by atoms with van der Waals surface area (Å²) in [6, 6.07) is 6.19. The smallest absolute Gasteiger partial charge is 0.325 e. The second kappa shape index (κ2) is 7.42. The topological polar surface area (TPSA) is 60.8 Å². The molecule has 1 aliphatic heterocycles. The Kier molecular flexibility index (Phi) is 5.47. The first-order valence-electron chi connectivity index (χ1n) is 7.56. The van der Waals surface area contributed by atoms with Gasteiger partial charge in [-0.2, -0.15) is 11.3 Å². The van der Waals surface area contributed by atoms with E-state index in [0.29, 0.717) is 23.7 Å². The third-order valence-electron chi connectivity index (χ3n) is 4.55. The molecule has 1 aliphatic rings. The Morgan fingerprint density at radius 3 is 2.75 bits per heavy atom. The summed E-state index contributed by atoms with van der Waals surface area (Å²) in [5, 5.41) is 24.2. The summed E-state index contributed by atoms with van der Waals surface area (Å²) in [4.78, 5) is 13.8. The molecule has 0 aliphatic carbocycles. The van der Waals surface area contributed by atoms with Gasteiger partial charge in [0, 0.05) is 37.1 Å². The van der Waals surface area contributed by atoms with Crippen molar-refractivity contribution >= 4 is 40.5 Å². The van der Waals surface area contributed by atoms with Crippen LogP contribution in [-0.2, 0) is 4.79 Å². The molecular weight excluding hydrogens is 369 g/mol. The summed E-state index contributed by atoms with van der Waals surface area (Å²) < 4.78 is 0. The lowest BCUT2D eigenvalue weighted by Gasteiger charge is -2.25. The van der Waals surface area contributed by atoms with Gasteiger partial charge in [-0.05, 0) is 28.5 Å². The monoisotopic (exact) mass is 385 g/mol. The van der Waals surface area contributed by atoms with E-state index in [9.17, 15) is 15.0 Å². The first-order valence-corrected chi connectivity index (χ1v) is 9.26. The Labute approximate surface area is 154 Å². The average Bonchev–Trinajstić information content (AvgIpc) is 3.20. The Morgan fingerprint density at radius 1 is 1.33 bits per heavy atom. The summed E-state index contributed by atoms with van der Waals surface area (Å²) in [5.41, 5.74) is 1.63. The quantitative estimate of drug-likeness (QED) is 0.819. The number of hydrogen-bond donors (Lipinski definition) is 2. The molecule has 1 unspecified atom stereocenters. The third-order valence-corrected chi connectivity index (χ3v) is 6.09. The molecule has 128 valence electrons. The molecule has 2 N–H and O–H groups in total. The van der Waals surface area contributed by atoms with Crippen LogP contribution in [0.15, 0.2) is 35.0 Å². The summed E-state index contributed by atoms with van der Waals surface area (Å²) in [7, 11) is 0. The molecule has 2 aromatic rings. The average molecular weight is 386 g/mol. The summed E-state index contributed by atoms with van der Waals surface area (Å²) >= 11 is 13.9. The number of carboxylic acid groups (broad SMARTS) is 1. The van der Waals surface area contributed by atoms with E-state index >= 15 is 0 Å². The van der Waals surface area contributed by atoms with Gasteiger partial charge in [0.2, 0.25) is 0 Å². The maximum absolute atomic E-state index is 11.9. The van der Waals surface area contributed by atoms with Crippen LogP contribution in [0, 0.1) is 5.92 Å². The number of halogens is 2. The van der Waals surface area contributed by atoms with Crippen molar-refractivity contribution in [3.8, 4) is 0 Å². The van der Waals surface area contributed by atoms with Crippen LogP contribution in [-0.4, -0.2) is 40.8 Å². The van der Waals surface area contributed by atoms with Crippen molar-refractivity contribution in [3.63, 3.8) is 0 Å². The van der Waals surface area contributed by atoms with Gasteiger partial charge in [0.05, 0.1) is 10.0 Å². The van der Waals surface area contributed by atoms with Gasteiger partial charge in [-0.15, -0.1) is 0 Å². The van der Waals surface area contributed by atoms with Crippen molar-refractivity contribution in [3.05, 3.63) is 56.2 Å². The van der Waals surface area contributed by atoms with Crippen LogP contribution in [0.5, 0.6) is 0 Å². The van der Waals surface area contributed by atoms with Gasteiger partial charge in [0.1, 0.15) is 6.04 Å². The molecule has 1 fully saturated rings. The van der Waals surface area contributed by atoms with Crippen molar-refractivity contribution in [1.29, 1.82) is 0 Å². The van der Waals surface area contributed by atoms with E-state index in [1.807, 2.05) is 16.3 Å². The molecule has 1 aromatic carbocycles. The van der Waals surface area contributed by atoms with Crippen molar-refractivity contribution in [2.75, 3.05) is 19.7 Å². The van der Waals surface area contributed by atoms with Gasteiger partial charge < -0.3 is 10.2 Å². The first kappa shape index (κ1) is 17.7. The molecule has 1 aromatic heterocycles. The van der Waals surface area contributed by atoms with E-state index < -0.39 is 12.0 Å². The summed E-state index contributed by atoms with van der Waals surface area (Å²) in [5.74, 6) is -0.859. The largest absolute Gasteiger partial charge is 0.480 e. The predicted octanol–water partition coefficient (Wildman–Crippen LogP) is 3.89. The minimum atomic E-state index is -0.971. The first-order chi connectivity index (χ1) is 11.5. The number of benzene rings is 1. The second-order valence-electron chi connectivity index (χ2n) is 5.94. The molecule has 0 saturated carbocycles. The van der Waals surface area contributed by atoms with E-state index in [0.717, 1.165) is 5.56 Å². The molecule has 0 spiro atoms. The maximum Gasteiger partial charge on any atom is 0.325 e. The molecule has 24 heavy (non-hydrogen) atoms. The molecular formula is C17H17Cl2NO3S. The standard InChI is InChI=1S/C17H17Cl2NO3S/c18-14-3-1-2-12(15(14)19)16(17(22)23)20-6-11(8-21)13(7-20)10-4-5-24-9-10/h1-5,9,11,13,16,21H,6-8H2,(H,22,23)/t11-,13-,16?/m0/s1. The molecule has 0 bridgehead atoms. The highest BCUT2D eigenvalue weighted by atomic mass is 35.5. The highest BCUT2D eigenvalue weighted by molar-refractivity contribution is 7.08. The van der Waals surface area contributed by atoms with E-state index in [1.165, 1.54) is 0 Å². The molecule has 1 saturated heterocycles. The van der Waals surface area contributed by atoms with E-state index in [1.54, 1.807) is 29.5 Å². The summed E-state index contributed by atoms with van der Waals surface area (Å²) in [6.07, 6.45) is 0. The SMILES string of the molecule is O=C(O)C(c1cccc(Cl)c1Cl)N1C[C@@H](CO)[C@H](c2ccsc2)C1. The van der Waals surface area contributed by atoms with Crippen LogP contribution in [0.4, 0.5) is 0 Å². The number of aliphatic hydroxyl groups excluding tert-OH is 1. The normalized spacial score (nSPS) is 22.6. The molecule has 3 atom stereocenters. The van der Waals surface area contributed by atoms with Crippen LogP contribution < -0.4 is 0 Å². The predicted molar refractivity (Wildman–Crippen MR) is 96.0 cm³/mol. The lowest BCUT2D eigenvalue weighted by molar-refractivity contribution is -0.143. The lowest BCUT2D eigenvalue weighted by Crippen LogP contribution is -2.33. The molecule has 4 nitrogen and oxygen atoms in total. The van der Waals surface area contributed by atoms with Crippen LogP contribution >= 0.6 is 34.5 Å². The zero-order valence-electron chi connectivity index (χ0n) is 12.7. The van der Waals surface area contributed by atoms with Crippen LogP contribution in [0.1, 0.15) is 23.1 Å². The Hall–Kier alpha value is -1.11. The van der Waals surface area contributed by atoms with Gasteiger partial charge in [-0.1, -0.05) is 35.3 Å². The number of aliphatic carboxylic acids is 1. The van der Waals surface area contributed by atoms with Gasteiger partial charge in [0.25, 0.3) is 0 Å². The Balaban J connectivity index is 1.93. The van der Waals surface area contributed by atoms with E-state index in [4.69, 9.17) is 23.2 Å². The number of carboxylic acids is 1.